The van der Waals surface area contributed by atoms with Crippen LogP contribution in [0.15, 0.2) is 28.7 Å². The molecule has 1 N–H and O–H groups in total. The van der Waals surface area contributed by atoms with Gasteiger partial charge in [-0.2, -0.15) is 0 Å². The monoisotopic (exact) mass is 373 g/mol. The first-order valence-electron chi connectivity index (χ1n) is 6.30. The van der Waals surface area contributed by atoms with E-state index in [4.69, 9.17) is 0 Å². The molecule has 4 heteroatoms. The summed E-state index contributed by atoms with van der Waals surface area (Å²) in [5, 5.41) is 3.04. The van der Waals surface area contributed by atoms with Gasteiger partial charge in [0.1, 0.15) is 0 Å². The molecular formula is C14H17Br2NO. The van der Waals surface area contributed by atoms with Crippen LogP contribution in [0.1, 0.15) is 24.8 Å². The fourth-order valence-electron chi connectivity index (χ4n) is 2.36. The Morgan fingerprint density at radius 3 is 2.89 bits per heavy atom. The lowest BCUT2D eigenvalue weighted by Gasteiger charge is -2.14. The van der Waals surface area contributed by atoms with E-state index in [1.807, 2.05) is 24.3 Å². The van der Waals surface area contributed by atoms with Gasteiger partial charge in [0.15, 0.2) is 0 Å². The lowest BCUT2D eigenvalue weighted by molar-refractivity contribution is -0.120. The Bertz CT molecular complexity index is 422. The maximum Gasteiger partial charge on any atom is 0.224 e. The zero-order chi connectivity index (χ0) is 13.0. The lowest BCUT2D eigenvalue weighted by Crippen LogP contribution is -2.32. The van der Waals surface area contributed by atoms with Crippen LogP contribution in [-0.4, -0.2) is 17.3 Å². The number of benzene rings is 1. The maximum absolute atomic E-state index is 11.8. The Balaban J connectivity index is 1.78. The number of amides is 1. The number of nitrogens with one attached hydrogen (secondary N) is 1. The molecule has 2 unspecified atom stereocenters. The normalized spacial score (nSPS) is 23.0. The smallest absolute Gasteiger partial charge is 0.224 e. The Morgan fingerprint density at radius 1 is 1.39 bits per heavy atom. The van der Waals surface area contributed by atoms with Crippen molar-refractivity contribution in [2.24, 2.45) is 5.92 Å². The van der Waals surface area contributed by atoms with Gasteiger partial charge < -0.3 is 5.32 Å². The van der Waals surface area contributed by atoms with Gasteiger partial charge in [-0.05, 0) is 36.5 Å². The van der Waals surface area contributed by atoms with Gasteiger partial charge in [0.25, 0.3) is 0 Å². The summed E-state index contributed by atoms with van der Waals surface area (Å²) in [6, 6.07) is 7.89. The summed E-state index contributed by atoms with van der Waals surface area (Å²) in [4.78, 5) is 12.4. The average Bonchev–Trinajstić information content (AvgIpc) is 2.72. The Hall–Kier alpha value is -0.350. The van der Waals surface area contributed by atoms with Crippen LogP contribution in [0.5, 0.6) is 0 Å². The highest BCUT2D eigenvalue weighted by Gasteiger charge is 2.24. The molecule has 1 fully saturated rings. The Kier molecular flexibility index (Phi) is 5.25. The van der Waals surface area contributed by atoms with E-state index in [0.29, 0.717) is 17.2 Å². The minimum Gasteiger partial charge on any atom is -0.355 e. The highest BCUT2D eigenvalue weighted by molar-refractivity contribution is 9.10. The van der Waals surface area contributed by atoms with Crippen LogP contribution in [0, 0.1) is 5.92 Å². The second-order valence-corrected chi connectivity index (χ2v) is 6.91. The minimum absolute atomic E-state index is 0.111. The molecule has 98 valence electrons. The van der Waals surface area contributed by atoms with Crippen molar-refractivity contribution in [1.29, 1.82) is 0 Å². The molecule has 18 heavy (non-hydrogen) atoms. The highest BCUT2D eigenvalue weighted by Crippen LogP contribution is 2.30. The second kappa shape index (κ2) is 6.71. The van der Waals surface area contributed by atoms with Crippen molar-refractivity contribution in [2.75, 3.05) is 6.54 Å². The fraction of sp³-hybridized carbons (Fsp3) is 0.500. The molecule has 1 aromatic carbocycles. The van der Waals surface area contributed by atoms with E-state index < -0.39 is 0 Å². The van der Waals surface area contributed by atoms with Gasteiger partial charge in [-0.1, -0.05) is 50.4 Å². The molecule has 1 amide bonds. The molecule has 2 atom stereocenters. The molecule has 0 saturated heterocycles. The van der Waals surface area contributed by atoms with Crippen molar-refractivity contribution in [1.82, 2.24) is 5.32 Å². The van der Waals surface area contributed by atoms with E-state index in [1.54, 1.807) is 0 Å². The number of hydrogen-bond acceptors (Lipinski definition) is 1. The maximum atomic E-state index is 11.8. The van der Waals surface area contributed by atoms with Gasteiger partial charge in [-0.25, -0.2) is 0 Å². The average molecular weight is 375 g/mol. The predicted octanol–water partition coefficient (Wildman–Crippen LogP) is 3.67. The zero-order valence-electron chi connectivity index (χ0n) is 10.2. The first-order valence-corrected chi connectivity index (χ1v) is 8.01. The molecule has 1 saturated carbocycles. The fourth-order valence-corrected chi connectivity index (χ4v) is 3.58. The van der Waals surface area contributed by atoms with Crippen molar-refractivity contribution >= 4 is 37.8 Å². The van der Waals surface area contributed by atoms with Crippen molar-refractivity contribution in [3.63, 3.8) is 0 Å². The molecular weight excluding hydrogens is 358 g/mol. The molecule has 2 rings (SSSR count). The van der Waals surface area contributed by atoms with Crippen molar-refractivity contribution in [3.8, 4) is 0 Å². The minimum atomic E-state index is 0.111. The summed E-state index contributed by atoms with van der Waals surface area (Å²) < 4.78 is 1.02. The summed E-state index contributed by atoms with van der Waals surface area (Å²) in [5.41, 5.74) is 1.05. The Morgan fingerprint density at radius 2 is 2.22 bits per heavy atom. The van der Waals surface area contributed by atoms with Crippen LogP contribution in [0.4, 0.5) is 0 Å². The van der Waals surface area contributed by atoms with Crippen LogP contribution >= 0.6 is 31.9 Å². The molecule has 0 heterocycles. The summed E-state index contributed by atoms with van der Waals surface area (Å²) >= 11 is 7.09. The first-order chi connectivity index (χ1) is 8.65. The predicted molar refractivity (Wildman–Crippen MR) is 80.9 cm³/mol. The first kappa shape index (κ1) is 14.1. The van der Waals surface area contributed by atoms with Crippen LogP contribution in [-0.2, 0) is 11.2 Å². The molecule has 0 radical (unpaired) electrons. The van der Waals surface area contributed by atoms with Crippen molar-refractivity contribution < 1.29 is 4.79 Å². The quantitative estimate of drug-likeness (QED) is 0.800. The lowest BCUT2D eigenvalue weighted by atomic mass is 10.1. The van der Waals surface area contributed by atoms with E-state index >= 15 is 0 Å². The highest BCUT2D eigenvalue weighted by atomic mass is 79.9. The summed E-state index contributed by atoms with van der Waals surface area (Å²) in [5.74, 6) is 0.705. The van der Waals surface area contributed by atoms with Gasteiger partial charge in [-0.3, -0.25) is 4.79 Å². The van der Waals surface area contributed by atoms with Crippen LogP contribution in [0.2, 0.25) is 0 Å². The third-order valence-electron chi connectivity index (χ3n) is 3.38. The number of alkyl halides is 1. The molecule has 0 spiro atoms. The van der Waals surface area contributed by atoms with E-state index in [-0.39, 0.29) is 5.91 Å². The van der Waals surface area contributed by atoms with Gasteiger partial charge in [-0.15, -0.1) is 0 Å². The van der Waals surface area contributed by atoms with Gasteiger partial charge >= 0.3 is 0 Å². The molecule has 0 aliphatic heterocycles. The second-order valence-electron chi connectivity index (χ2n) is 4.82. The summed E-state index contributed by atoms with van der Waals surface area (Å²) in [7, 11) is 0. The standard InChI is InChI=1S/C14H17Br2NO/c15-12-5-1-3-10(7-12)8-14(18)17-9-11-4-2-6-13(11)16/h1,3,5,7,11,13H,2,4,6,8-9H2,(H,17,18). The molecule has 2 nitrogen and oxygen atoms in total. The molecule has 1 aliphatic rings. The number of halogens is 2. The third-order valence-corrected chi connectivity index (χ3v) is 5.08. The molecule has 0 aromatic heterocycles. The van der Waals surface area contributed by atoms with E-state index in [2.05, 4.69) is 37.2 Å². The zero-order valence-corrected chi connectivity index (χ0v) is 13.3. The van der Waals surface area contributed by atoms with Crippen LogP contribution in [0.3, 0.4) is 0 Å². The van der Waals surface area contributed by atoms with E-state index in [1.165, 1.54) is 19.3 Å². The van der Waals surface area contributed by atoms with Crippen molar-refractivity contribution in [3.05, 3.63) is 34.3 Å². The summed E-state index contributed by atoms with van der Waals surface area (Å²) in [6.07, 6.45) is 4.17. The van der Waals surface area contributed by atoms with Crippen molar-refractivity contribution in [2.45, 2.75) is 30.5 Å². The van der Waals surface area contributed by atoms with E-state index in [9.17, 15) is 4.79 Å². The summed E-state index contributed by atoms with van der Waals surface area (Å²) in [6.45, 7) is 0.794. The number of hydrogen-bond donors (Lipinski definition) is 1. The van der Waals surface area contributed by atoms with Gasteiger partial charge in [0.05, 0.1) is 6.42 Å². The SMILES string of the molecule is O=C(Cc1cccc(Br)c1)NCC1CCCC1Br. The van der Waals surface area contributed by atoms with Crippen LogP contribution < -0.4 is 5.32 Å². The van der Waals surface area contributed by atoms with Gasteiger partial charge in [0, 0.05) is 15.8 Å². The molecule has 0 bridgehead atoms. The largest absolute Gasteiger partial charge is 0.355 e. The topological polar surface area (TPSA) is 29.1 Å². The number of rotatable bonds is 4. The number of carbonyl (C=O) groups is 1. The third kappa shape index (κ3) is 4.09. The molecule has 1 aromatic rings. The number of carbonyl (C=O) groups excluding carboxylic acids is 1. The van der Waals surface area contributed by atoms with Gasteiger partial charge in [0.2, 0.25) is 5.91 Å². The molecule has 1 aliphatic carbocycles. The van der Waals surface area contributed by atoms with Crippen LogP contribution in [0.25, 0.3) is 0 Å². The Labute approximate surface area is 125 Å². The van der Waals surface area contributed by atoms with E-state index in [0.717, 1.165) is 16.6 Å².